The number of hydrogen-bond donors (Lipinski definition) is 0. The van der Waals surface area contributed by atoms with Crippen LogP contribution in [-0.4, -0.2) is 32.1 Å². The van der Waals surface area contributed by atoms with Gasteiger partial charge in [0, 0.05) is 43.2 Å². The van der Waals surface area contributed by atoms with Gasteiger partial charge in [0.1, 0.15) is 17.2 Å². The number of pyridine rings is 1. The SMILES string of the molecule is CCCn1nc(-c2ccc(F)cc2)c(-c2ccncc2)c1C(=O)N(CC)Cc1ccccc1. The molecule has 0 atom stereocenters. The van der Waals surface area contributed by atoms with Gasteiger partial charge in [0.25, 0.3) is 5.91 Å². The van der Waals surface area contributed by atoms with E-state index in [4.69, 9.17) is 5.10 Å². The molecule has 0 aliphatic carbocycles. The first-order chi connectivity index (χ1) is 16.1. The van der Waals surface area contributed by atoms with E-state index in [-0.39, 0.29) is 11.7 Å². The molecule has 2 heterocycles. The molecule has 0 unspecified atom stereocenters. The Morgan fingerprint density at radius 3 is 2.27 bits per heavy atom. The number of amides is 1. The van der Waals surface area contributed by atoms with E-state index < -0.39 is 0 Å². The average Bonchev–Trinajstić information content (AvgIpc) is 3.23. The highest BCUT2D eigenvalue weighted by atomic mass is 19.1. The first-order valence-corrected chi connectivity index (χ1v) is 11.2. The molecule has 4 aromatic rings. The van der Waals surface area contributed by atoms with E-state index in [9.17, 15) is 9.18 Å². The number of nitrogens with zero attached hydrogens (tertiary/aromatic N) is 4. The fourth-order valence-electron chi connectivity index (χ4n) is 3.94. The monoisotopic (exact) mass is 442 g/mol. The second kappa shape index (κ2) is 10.2. The summed E-state index contributed by atoms with van der Waals surface area (Å²) in [5.41, 5.74) is 4.63. The van der Waals surface area contributed by atoms with Crippen LogP contribution in [-0.2, 0) is 13.1 Å². The number of benzene rings is 2. The molecule has 0 aliphatic rings. The second-order valence-electron chi connectivity index (χ2n) is 7.84. The van der Waals surface area contributed by atoms with Gasteiger partial charge in [-0.3, -0.25) is 14.5 Å². The molecule has 2 aromatic heterocycles. The van der Waals surface area contributed by atoms with Crippen LogP contribution < -0.4 is 0 Å². The van der Waals surface area contributed by atoms with Crippen molar-refractivity contribution in [3.8, 4) is 22.4 Å². The lowest BCUT2D eigenvalue weighted by Gasteiger charge is -2.22. The van der Waals surface area contributed by atoms with E-state index in [1.165, 1.54) is 12.1 Å². The van der Waals surface area contributed by atoms with Crippen LogP contribution in [0.1, 0.15) is 36.3 Å². The predicted octanol–water partition coefficient (Wildman–Crippen LogP) is 5.82. The van der Waals surface area contributed by atoms with E-state index >= 15 is 0 Å². The summed E-state index contributed by atoms with van der Waals surface area (Å²) in [6.45, 7) is 5.71. The van der Waals surface area contributed by atoms with Crippen molar-refractivity contribution in [3.05, 3.63) is 96.2 Å². The van der Waals surface area contributed by atoms with Crippen LogP contribution in [0.25, 0.3) is 22.4 Å². The zero-order valence-corrected chi connectivity index (χ0v) is 18.9. The van der Waals surface area contributed by atoms with Gasteiger partial charge in [-0.2, -0.15) is 5.10 Å². The minimum atomic E-state index is -0.312. The van der Waals surface area contributed by atoms with Crippen LogP contribution in [0.5, 0.6) is 0 Å². The van der Waals surface area contributed by atoms with E-state index in [0.29, 0.717) is 31.0 Å². The highest BCUT2D eigenvalue weighted by Crippen LogP contribution is 2.35. The van der Waals surface area contributed by atoms with Crippen molar-refractivity contribution in [1.82, 2.24) is 19.7 Å². The summed E-state index contributed by atoms with van der Waals surface area (Å²) < 4.78 is 15.4. The van der Waals surface area contributed by atoms with Crippen molar-refractivity contribution in [2.45, 2.75) is 33.4 Å². The van der Waals surface area contributed by atoms with Gasteiger partial charge in [-0.25, -0.2) is 4.39 Å². The number of aromatic nitrogens is 3. The molecule has 4 rings (SSSR count). The Morgan fingerprint density at radius 1 is 0.939 bits per heavy atom. The van der Waals surface area contributed by atoms with E-state index in [0.717, 1.165) is 28.7 Å². The Kier molecular flexibility index (Phi) is 6.93. The maximum atomic E-state index is 14.0. The van der Waals surface area contributed by atoms with Gasteiger partial charge in [-0.1, -0.05) is 37.3 Å². The minimum Gasteiger partial charge on any atom is -0.333 e. The third kappa shape index (κ3) is 4.85. The quantitative estimate of drug-likeness (QED) is 0.345. The van der Waals surface area contributed by atoms with E-state index in [1.807, 2.05) is 54.3 Å². The first-order valence-electron chi connectivity index (χ1n) is 11.2. The Hall–Kier alpha value is -3.80. The fraction of sp³-hybridized carbons (Fsp3) is 0.222. The first kappa shape index (κ1) is 22.4. The molecular formula is C27H27FN4O. The van der Waals surface area contributed by atoms with E-state index in [1.54, 1.807) is 29.2 Å². The Bertz CT molecular complexity index is 1200. The highest BCUT2D eigenvalue weighted by Gasteiger charge is 2.28. The Labute approximate surface area is 193 Å². The van der Waals surface area contributed by atoms with Crippen molar-refractivity contribution >= 4 is 5.91 Å². The van der Waals surface area contributed by atoms with Crippen LogP contribution in [0, 0.1) is 5.82 Å². The molecule has 2 aromatic carbocycles. The average molecular weight is 443 g/mol. The van der Waals surface area contributed by atoms with Gasteiger partial charge >= 0.3 is 0 Å². The summed E-state index contributed by atoms with van der Waals surface area (Å²) in [6.07, 6.45) is 4.24. The van der Waals surface area contributed by atoms with Gasteiger partial charge in [0.05, 0.1) is 0 Å². The lowest BCUT2D eigenvalue weighted by molar-refractivity contribution is 0.0740. The number of carbonyl (C=O) groups is 1. The summed E-state index contributed by atoms with van der Waals surface area (Å²) in [6, 6.07) is 20.0. The van der Waals surface area contributed by atoms with Crippen molar-refractivity contribution in [2.24, 2.45) is 0 Å². The lowest BCUT2D eigenvalue weighted by atomic mass is 9.99. The van der Waals surface area contributed by atoms with Crippen molar-refractivity contribution in [2.75, 3.05) is 6.54 Å². The summed E-state index contributed by atoms with van der Waals surface area (Å²) in [5.74, 6) is -0.393. The summed E-state index contributed by atoms with van der Waals surface area (Å²) in [5, 5.41) is 4.85. The topological polar surface area (TPSA) is 51.0 Å². The Morgan fingerprint density at radius 2 is 1.64 bits per heavy atom. The summed E-state index contributed by atoms with van der Waals surface area (Å²) in [4.78, 5) is 19.9. The second-order valence-corrected chi connectivity index (χ2v) is 7.84. The largest absolute Gasteiger partial charge is 0.333 e. The summed E-state index contributed by atoms with van der Waals surface area (Å²) in [7, 11) is 0. The third-order valence-corrected chi connectivity index (χ3v) is 5.56. The maximum absolute atomic E-state index is 14.0. The predicted molar refractivity (Wildman–Crippen MR) is 128 cm³/mol. The number of aryl methyl sites for hydroxylation is 1. The van der Waals surface area contributed by atoms with Gasteiger partial charge in [0.2, 0.25) is 0 Å². The molecule has 0 radical (unpaired) electrons. The number of carbonyl (C=O) groups excluding carboxylic acids is 1. The van der Waals surface area contributed by atoms with Crippen molar-refractivity contribution < 1.29 is 9.18 Å². The van der Waals surface area contributed by atoms with E-state index in [2.05, 4.69) is 11.9 Å². The number of rotatable bonds is 8. The standard InChI is InChI=1S/C27H27FN4O/c1-3-18-32-26(27(33)31(4-2)19-20-8-6-5-7-9-20)24(21-14-16-29-17-15-21)25(30-32)22-10-12-23(28)13-11-22/h5-17H,3-4,18-19H2,1-2H3. The third-order valence-electron chi connectivity index (χ3n) is 5.56. The molecule has 6 heteroatoms. The molecule has 0 N–H and O–H groups in total. The molecule has 5 nitrogen and oxygen atoms in total. The van der Waals surface area contributed by atoms with Crippen LogP contribution >= 0.6 is 0 Å². The van der Waals surface area contributed by atoms with Crippen LogP contribution in [0.3, 0.4) is 0 Å². The van der Waals surface area contributed by atoms with Crippen LogP contribution in [0.4, 0.5) is 4.39 Å². The smallest absolute Gasteiger partial charge is 0.273 e. The molecular weight excluding hydrogens is 415 g/mol. The van der Waals surface area contributed by atoms with Crippen molar-refractivity contribution in [1.29, 1.82) is 0 Å². The zero-order chi connectivity index (χ0) is 23.2. The fourth-order valence-corrected chi connectivity index (χ4v) is 3.94. The van der Waals surface area contributed by atoms with Crippen molar-refractivity contribution in [3.63, 3.8) is 0 Å². The molecule has 168 valence electrons. The van der Waals surface area contributed by atoms with Crippen LogP contribution in [0.15, 0.2) is 79.1 Å². The summed E-state index contributed by atoms with van der Waals surface area (Å²) >= 11 is 0. The molecule has 0 spiro atoms. The minimum absolute atomic E-state index is 0.0810. The van der Waals surface area contributed by atoms with Gasteiger partial charge in [0.15, 0.2) is 0 Å². The molecule has 33 heavy (non-hydrogen) atoms. The number of hydrogen-bond acceptors (Lipinski definition) is 3. The molecule has 0 saturated heterocycles. The molecule has 1 amide bonds. The Balaban J connectivity index is 1.88. The van der Waals surface area contributed by atoms with Gasteiger partial charge in [-0.05, 0) is 60.9 Å². The van der Waals surface area contributed by atoms with Crippen LogP contribution in [0.2, 0.25) is 0 Å². The maximum Gasteiger partial charge on any atom is 0.273 e. The normalized spacial score (nSPS) is 10.9. The molecule has 0 bridgehead atoms. The van der Waals surface area contributed by atoms with Gasteiger partial charge in [-0.15, -0.1) is 0 Å². The zero-order valence-electron chi connectivity index (χ0n) is 18.9. The van der Waals surface area contributed by atoms with Gasteiger partial charge < -0.3 is 4.90 Å². The lowest BCUT2D eigenvalue weighted by Crippen LogP contribution is -2.32. The highest BCUT2D eigenvalue weighted by molar-refractivity contribution is 6.03. The molecule has 0 saturated carbocycles. The molecule has 0 aliphatic heterocycles. The molecule has 0 fully saturated rings. The number of halogens is 1.